The number of rotatable bonds is 5. The first-order chi connectivity index (χ1) is 27.7. The Kier molecular flexibility index (Phi) is 7.53. The van der Waals surface area contributed by atoms with Crippen LogP contribution in [0.4, 0.5) is 0 Å². The van der Waals surface area contributed by atoms with E-state index in [-0.39, 0.29) is 6.04 Å². The molecule has 0 saturated heterocycles. The van der Waals surface area contributed by atoms with Crippen LogP contribution in [-0.4, -0.2) is 11.5 Å². The predicted octanol–water partition coefficient (Wildman–Crippen LogP) is 12.9. The number of ether oxygens (including phenoxy) is 1. The molecule has 1 spiro atoms. The Hall–Kier alpha value is -7.10. The molecular weight excluding hydrogens is 681 g/mol. The Morgan fingerprint density at radius 2 is 0.893 bits per heavy atom. The van der Waals surface area contributed by atoms with Gasteiger partial charge in [-0.2, -0.15) is 0 Å². The molecule has 1 atom stereocenters. The minimum absolute atomic E-state index is 0.103. The lowest BCUT2D eigenvalue weighted by atomic mass is 9.66. The average molecular weight is 717 g/mol. The molecule has 0 amide bonds. The molecule has 2 aliphatic heterocycles. The summed E-state index contributed by atoms with van der Waals surface area (Å²) >= 11 is 0. The Morgan fingerprint density at radius 1 is 0.411 bits per heavy atom. The number of hydrogen-bond acceptors (Lipinski definition) is 3. The Morgan fingerprint density at radius 3 is 1.54 bits per heavy atom. The molecule has 2 heterocycles. The van der Waals surface area contributed by atoms with E-state index in [0.717, 1.165) is 45.0 Å². The Balaban J connectivity index is 1.04. The standard InChI is InChI=1S/C53H36N2O/c1-3-13-35(14-4-1)37-23-27-39(28-24-37)48-34-49(40-29-25-38(26-30-40)36-15-5-2-6-16-36)55-52(54-48)41-31-32-47-51(33-41)56-50-22-12-11-21-46(50)53(47)44-19-9-7-17-42(44)43-18-8-10-20-45(43)53/h1-33,48H,34H2. The molecule has 11 rings (SSSR count). The molecule has 1 unspecified atom stereocenters. The lowest BCUT2D eigenvalue weighted by Gasteiger charge is -2.39. The minimum Gasteiger partial charge on any atom is -0.457 e. The molecule has 0 saturated carbocycles. The van der Waals surface area contributed by atoms with Crippen molar-refractivity contribution in [3.05, 3.63) is 239 Å². The average Bonchev–Trinajstić information content (AvgIpc) is 3.57. The van der Waals surface area contributed by atoms with Gasteiger partial charge in [0.05, 0.1) is 17.2 Å². The summed E-state index contributed by atoms with van der Waals surface area (Å²) in [5.41, 5.74) is 15.8. The third kappa shape index (κ3) is 5.12. The van der Waals surface area contributed by atoms with E-state index < -0.39 is 5.41 Å². The number of fused-ring (bicyclic) bond motifs is 9. The van der Waals surface area contributed by atoms with Crippen LogP contribution in [-0.2, 0) is 5.41 Å². The quantitative estimate of drug-likeness (QED) is 0.175. The fourth-order valence-corrected chi connectivity index (χ4v) is 9.11. The second-order valence-corrected chi connectivity index (χ2v) is 14.8. The molecule has 8 aromatic rings. The van der Waals surface area contributed by atoms with Gasteiger partial charge in [0.2, 0.25) is 0 Å². The highest BCUT2D eigenvalue weighted by molar-refractivity contribution is 6.14. The van der Waals surface area contributed by atoms with Crippen LogP contribution in [0.1, 0.15) is 51.4 Å². The van der Waals surface area contributed by atoms with Gasteiger partial charge in [0.15, 0.2) is 5.84 Å². The van der Waals surface area contributed by atoms with Crippen molar-refractivity contribution in [3.63, 3.8) is 0 Å². The zero-order chi connectivity index (χ0) is 37.1. The lowest BCUT2D eigenvalue weighted by molar-refractivity contribution is 0.436. The van der Waals surface area contributed by atoms with E-state index in [9.17, 15) is 0 Å². The van der Waals surface area contributed by atoms with E-state index in [0.29, 0.717) is 12.3 Å². The Labute approximate surface area is 327 Å². The summed E-state index contributed by atoms with van der Waals surface area (Å²) in [6.07, 6.45) is 0.699. The van der Waals surface area contributed by atoms with Crippen LogP contribution < -0.4 is 4.74 Å². The van der Waals surface area contributed by atoms with Gasteiger partial charge in [-0.3, -0.25) is 4.99 Å². The third-order valence-corrected chi connectivity index (χ3v) is 11.7. The fourth-order valence-electron chi connectivity index (χ4n) is 9.11. The van der Waals surface area contributed by atoms with Gasteiger partial charge in [-0.1, -0.05) is 188 Å². The van der Waals surface area contributed by atoms with Gasteiger partial charge in [0.25, 0.3) is 0 Å². The number of nitrogens with zero attached hydrogens (tertiary/aromatic N) is 2. The van der Waals surface area contributed by atoms with Gasteiger partial charge in [-0.15, -0.1) is 0 Å². The maximum absolute atomic E-state index is 6.86. The van der Waals surface area contributed by atoms with E-state index in [1.54, 1.807) is 0 Å². The van der Waals surface area contributed by atoms with Crippen molar-refractivity contribution in [2.75, 3.05) is 0 Å². The van der Waals surface area contributed by atoms with Crippen LogP contribution >= 0.6 is 0 Å². The van der Waals surface area contributed by atoms with E-state index >= 15 is 0 Å². The number of aliphatic imine (C=N–C) groups is 2. The summed E-state index contributed by atoms with van der Waals surface area (Å²) in [6, 6.07) is 71.4. The van der Waals surface area contributed by atoms with Crippen LogP contribution in [0.5, 0.6) is 11.5 Å². The first-order valence-electron chi connectivity index (χ1n) is 19.3. The summed E-state index contributed by atoms with van der Waals surface area (Å²) in [5.74, 6) is 2.41. The zero-order valence-corrected chi connectivity index (χ0v) is 30.6. The lowest BCUT2D eigenvalue weighted by Crippen LogP contribution is -2.32. The van der Waals surface area contributed by atoms with Crippen LogP contribution in [0.25, 0.3) is 33.4 Å². The maximum Gasteiger partial charge on any atom is 0.155 e. The monoisotopic (exact) mass is 716 g/mol. The highest BCUT2D eigenvalue weighted by Gasteiger charge is 2.51. The van der Waals surface area contributed by atoms with Crippen molar-refractivity contribution in [1.29, 1.82) is 0 Å². The predicted molar refractivity (Wildman–Crippen MR) is 228 cm³/mol. The van der Waals surface area contributed by atoms with Gasteiger partial charge in [0.1, 0.15) is 11.5 Å². The summed E-state index contributed by atoms with van der Waals surface area (Å²) < 4.78 is 6.86. The highest BCUT2D eigenvalue weighted by Crippen LogP contribution is 2.62. The van der Waals surface area contributed by atoms with E-state index in [2.05, 4.69) is 200 Å². The number of hydrogen-bond donors (Lipinski definition) is 0. The van der Waals surface area contributed by atoms with Gasteiger partial charge in [-0.05, 0) is 67.8 Å². The largest absolute Gasteiger partial charge is 0.457 e. The maximum atomic E-state index is 6.86. The molecule has 3 heteroatoms. The van der Waals surface area contributed by atoms with Crippen molar-refractivity contribution in [1.82, 2.24) is 0 Å². The fraction of sp³-hybridized carbons (Fsp3) is 0.0566. The van der Waals surface area contributed by atoms with Crippen molar-refractivity contribution < 1.29 is 4.74 Å². The molecule has 3 nitrogen and oxygen atoms in total. The molecule has 8 aromatic carbocycles. The first-order valence-corrected chi connectivity index (χ1v) is 19.3. The van der Waals surface area contributed by atoms with Crippen molar-refractivity contribution in [2.24, 2.45) is 9.98 Å². The summed E-state index contributed by atoms with van der Waals surface area (Å²) in [7, 11) is 0. The molecule has 0 aromatic heterocycles. The van der Waals surface area contributed by atoms with E-state index in [1.807, 2.05) is 0 Å². The number of amidine groups is 1. The van der Waals surface area contributed by atoms with E-state index in [1.165, 1.54) is 44.5 Å². The van der Waals surface area contributed by atoms with Gasteiger partial charge in [-0.25, -0.2) is 4.99 Å². The second-order valence-electron chi connectivity index (χ2n) is 14.8. The van der Waals surface area contributed by atoms with Gasteiger partial charge >= 0.3 is 0 Å². The smallest absolute Gasteiger partial charge is 0.155 e. The molecule has 3 aliphatic rings. The molecule has 0 radical (unpaired) electrons. The number of benzene rings is 8. The zero-order valence-electron chi connectivity index (χ0n) is 30.6. The SMILES string of the molecule is c1ccc(-c2ccc(C3=NC(c4ccc5c(c4)Oc4ccccc4C54c5ccccc5-c5ccccc54)=NC(c4ccc(-c5ccccc5)cc4)C3)cc2)cc1. The molecular formula is C53H36N2O. The van der Waals surface area contributed by atoms with Crippen LogP contribution in [0.15, 0.2) is 210 Å². The molecule has 56 heavy (non-hydrogen) atoms. The number of para-hydroxylation sites is 1. The van der Waals surface area contributed by atoms with Gasteiger partial charge < -0.3 is 4.74 Å². The summed E-state index contributed by atoms with van der Waals surface area (Å²) in [4.78, 5) is 10.7. The first kappa shape index (κ1) is 32.3. The van der Waals surface area contributed by atoms with E-state index in [4.69, 9.17) is 14.7 Å². The van der Waals surface area contributed by atoms with Crippen molar-refractivity contribution in [2.45, 2.75) is 17.9 Å². The second kappa shape index (κ2) is 13.0. The molecule has 0 N–H and O–H groups in total. The highest BCUT2D eigenvalue weighted by atomic mass is 16.5. The normalized spacial score (nSPS) is 15.8. The Bertz CT molecular complexity index is 2790. The minimum atomic E-state index is -0.512. The van der Waals surface area contributed by atoms with Crippen LogP contribution in [0, 0.1) is 0 Å². The molecule has 0 bridgehead atoms. The van der Waals surface area contributed by atoms with Crippen molar-refractivity contribution >= 4 is 11.5 Å². The molecule has 1 aliphatic carbocycles. The summed E-state index contributed by atoms with van der Waals surface area (Å²) in [5, 5.41) is 0. The third-order valence-electron chi connectivity index (χ3n) is 11.7. The van der Waals surface area contributed by atoms with Crippen LogP contribution in [0.3, 0.4) is 0 Å². The van der Waals surface area contributed by atoms with Gasteiger partial charge in [0, 0.05) is 23.1 Å². The molecule has 264 valence electrons. The topological polar surface area (TPSA) is 34.0 Å². The van der Waals surface area contributed by atoms with Crippen LogP contribution in [0.2, 0.25) is 0 Å². The summed E-state index contributed by atoms with van der Waals surface area (Å²) in [6.45, 7) is 0. The van der Waals surface area contributed by atoms with Crippen molar-refractivity contribution in [3.8, 4) is 44.9 Å². The molecule has 0 fully saturated rings.